The molecule has 1 unspecified atom stereocenters. The summed E-state index contributed by atoms with van der Waals surface area (Å²) in [7, 11) is 0. The van der Waals surface area contributed by atoms with Crippen LogP contribution >= 0.6 is 12.2 Å². The number of anilines is 1. The van der Waals surface area contributed by atoms with Crippen molar-refractivity contribution in [3.8, 4) is 0 Å². The Kier molecular flexibility index (Phi) is 4.22. The zero-order valence-corrected chi connectivity index (χ0v) is 11.9. The van der Waals surface area contributed by atoms with Crippen LogP contribution in [0.15, 0.2) is 18.2 Å². The van der Waals surface area contributed by atoms with Crippen molar-refractivity contribution in [2.75, 3.05) is 5.32 Å². The standard InChI is InChI=1S/C14H17F3N2S/c1-8(9-3-2-4-9)19-10-5-6-12(14(15,16)17)11(7-10)13(18)20/h5-9,19H,2-4H2,1H3,(H2,18,20). The third-order valence-electron chi connectivity index (χ3n) is 3.84. The summed E-state index contributed by atoms with van der Waals surface area (Å²) < 4.78 is 38.6. The Balaban J connectivity index is 2.23. The molecule has 0 aliphatic heterocycles. The van der Waals surface area contributed by atoms with Crippen LogP contribution in [0.25, 0.3) is 0 Å². The van der Waals surface area contributed by atoms with Gasteiger partial charge in [-0.2, -0.15) is 13.2 Å². The van der Waals surface area contributed by atoms with Crippen LogP contribution in [-0.4, -0.2) is 11.0 Å². The average Bonchev–Trinajstić information content (AvgIpc) is 2.24. The molecule has 20 heavy (non-hydrogen) atoms. The Labute approximate surface area is 121 Å². The number of hydrogen-bond donors (Lipinski definition) is 2. The highest BCUT2D eigenvalue weighted by molar-refractivity contribution is 7.80. The Morgan fingerprint density at radius 2 is 2.05 bits per heavy atom. The summed E-state index contributed by atoms with van der Waals surface area (Å²) in [4.78, 5) is -0.239. The largest absolute Gasteiger partial charge is 0.417 e. The van der Waals surface area contributed by atoms with E-state index in [1.807, 2.05) is 6.92 Å². The SMILES string of the molecule is CC(Nc1ccc(C(F)(F)F)c(C(N)=S)c1)C1CCC1. The molecule has 2 rings (SSSR count). The van der Waals surface area contributed by atoms with Crippen LogP contribution in [0.4, 0.5) is 18.9 Å². The van der Waals surface area contributed by atoms with E-state index in [1.54, 1.807) is 0 Å². The van der Waals surface area contributed by atoms with Crippen LogP contribution in [0, 0.1) is 5.92 Å². The van der Waals surface area contributed by atoms with Crippen molar-refractivity contribution in [1.82, 2.24) is 0 Å². The first-order valence-electron chi connectivity index (χ1n) is 6.56. The fraction of sp³-hybridized carbons (Fsp3) is 0.500. The van der Waals surface area contributed by atoms with Crippen LogP contribution in [0.2, 0.25) is 0 Å². The van der Waals surface area contributed by atoms with Gasteiger partial charge < -0.3 is 11.1 Å². The molecule has 0 radical (unpaired) electrons. The van der Waals surface area contributed by atoms with Crippen molar-refractivity contribution in [2.24, 2.45) is 11.7 Å². The van der Waals surface area contributed by atoms with Crippen molar-refractivity contribution in [1.29, 1.82) is 0 Å². The second-order valence-corrected chi connectivity index (χ2v) is 5.69. The number of benzene rings is 1. The minimum absolute atomic E-state index is 0.127. The van der Waals surface area contributed by atoms with Gasteiger partial charge in [-0.25, -0.2) is 0 Å². The Morgan fingerprint density at radius 1 is 1.40 bits per heavy atom. The van der Waals surface area contributed by atoms with Gasteiger partial charge in [0.05, 0.1) is 5.56 Å². The molecule has 0 bridgehead atoms. The number of hydrogen-bond acceptors (Lipinski definition) is 2. The number of alkyl halides is 3. The number of halogens is 3. The average molecular weight is 302 g/mol. The summed E-state index contributed by atoms with van der Waals surface area (Å²) >= 11 is 4.73. The third kappa shape index (κ3) is 3.23. The van der Waals surface area contributed by atoms with Crippen molar-refractivity contribution in [3.63, 3.8) is 0 Å². The number of rotatable bonds is 4. The van der Waals surface area contributed by atoms with Crippen LogP contribution < -0.4 is 11.1 Å². The van der Waals surface area contributed by atoms with Gasteiger partial charge in [0.15, 0.2) is 0 Å². The molecule has 0 heterocycles. The molecule has 0 amide bonds. The molecule has 1 saturated carbocycles. The van der Waals surface area contributed by atoms with Gasteiger partial charge in [0.25, 0.3) is 0 Å². The van der Waals surface area contributed by atoms with Crippen molar-refractivity contribution in [3.05, 3.63) is 29.3 Å². The fourth-order valence-corrected chi connectivity index (χ4v) is 2.57. The predicted octanol–water partition coefficient (Wildman–Crippen LogP) is 3.94. The van der Waals surface area contributed by atoms with Crippen LogP contribution in [0.3, 0.4) is 0 Å². The van der Waals surface area contributed by atoms with E-state index in [4.69, 9.17) is 18.0 Å². The van der Waals surface area contributed by atoms with E-state index in [2.05, 4.69) is 5.32 Å². The normalized spacial score (nSPS) is 17.4. The molecular weight excluding hydrogens is 285 g/mol. The minimum atomic E-state index is -4.45. The Bertz CT molecular complexity index is 510. The van der Waals surface area contributed by atoms with Gasteiger partial charge in [0, 0.05) is 17.3 Å². The lowest BCUT2D eigenvalue weighted by Crippen LogP contribution is -2.31. The first kappa shape index (κ1) is 15.1. The number of nitrogens with two attached hydrogens (primary N) is 1. The van der Waals surface area contributed by atoms with E-state index in [1.165, 1.54) is 18.6 Å². The molecule has 6 heteroatoms. The maximum Gasteiger partial charge on any atom is 0.417 e. The first-order chi connectivity index (χ1) is 9.29. The molecule has 0 spiro atoms. The Morgan fingerprint density at radius 3 is 2.50 bits per heavy atom. The second kappa shape index (κ2) is 5.60. The third-order valence-corrected chi connectivity index (χ3v) is 4.06. The summed E-state index contributed by atoms with van der Waals surface area (Å²) in [5, 5.41) is 3.24. The molecule has 1 aliphatic rings. The molecular formula is C14H17F3N2S. The van der Waals surface area contributed by atoms with E-state index < -0.39 is 11.7 Å². The lowest BCUT2D eigenvalue weighted by molar-refractivity contribution is -0.137. The zero-order valence-electron chi connectivity index (χ0n) is 11.1. The predicted molar refractivity (Wildman–Crippen MR) is 77.8 cm³/mol. The molecule has 0 aromatic heterocycles. The zero-order chi connectivity index (χ0) is 14.9. The van der Waals surface area contributed by atoms with Crippen molar-refractivity contribution < 1.29 is 13.2 Å². The molecule has 1 fully saturated rings. The maximum atomic E-state index is 12.9. The van der Waals surface area contributed by atoms with Crippen molar-refractivity contribution >= 4 is 22.9 Å². The lowest BCUT2D eigenvalue weighted by atomic mass is 9.80. The van der Waals surface area contributed by atoms with Gasteiger partial charge in [-0.05, 0) is 43.9 Å². The smallest absolute Gasteiger partial charge is 0.389 e. The Hall–Kier alpha value is -1.30. The second-order valence-electron chi connectivity index (χ2n) is 5.25. The summed E-state index contributed by atoms with van der Waals surface area (Å²) in [5.41, 5.74) is 5.13. The van der Waals surface area contributed by atoms with E-state index >= 15 is 0 Å². The number of nitrogens with one attached hydrogen (secondary N) is 1. The molecule has 3 N–H and O–H groups in total. The highest BCUT2D eigenvalue weighted by Gasteiger charge is 2.34. The summed E-state index contributed by atoms with van der Waals surface area (Å²) in [6.07, 6.45) is -0.896. The quantitative estimate of drug-likeness (QED) is 0.827. The monoisotopic (exact) mass is 302 g/mol. The van der Waals surface area contributed by atoms with Gasteiger partial charge in [0.1, 0.15) is 4.99 Å². The highest BCUT2D eigenvalue weighted by Crippen LogP contribution is 2.35. The topological polar surface area (TPSA) is 38.0 Å². The molecule has 110 valence electrons. The molecule has 1 aromatic rings. The molecule has 1 atom stereocenters. The van der Waals surface area contributed by atoms with Crippen molar-refractivity contribution in [2.45, 2.75) is 38.4 Å². The van der Waals surface area contributed by atoms with E-state index in [-0.39, 0.29) is 16.6 Å². The summed E-state index contributed by atoms with van der Waals surface area (Å²) in [6.45, 7) is 2.04. The van der Waals surface area contributed by atoms with E-state index in [0.29, 0.717) is 11.6 Å². The maximum absolute atomic E-state index is 12.9. The highest BCUT2D eigenvalue weighted by atomic mass is 32.1. The van der Waals surface area contributed by atoms with Gasteiger partial charge in [-0.3, -0.25) is 0 Å². The van der Waals surface area contributed by atoms with Gasteiger partial charge in [-0.1, -0.05) is 18.6 Å². The number of thiocarbonyl (C=S) groups is 1. The van der Waals surface area contributed by atoms with Crippen LogP contribution in [0.5, 0.6) is 0 Å². The van der Waals surface area contributed by atoms with Gasteiger partial charge >= 0.3 is 6.18 Å². The van der Waals surface area contributed by atoms with Gasteiger partial charge in [0.2, 0.25) is 0 Å². The fourth-order valence-electron chi connectivity index (χ4n) is 2.41. The van der Waals surface area contributed by atoms with E-state index in [0.717, 1.165) is 18.9 Å². The molecule has 1 aliphatic carbocycles. The first-order valence-corrected chi connectivity index (χ1v) is 6.97. The lowest BCUT2D eigenvalue weighted by Gasteiger charge is -2.32. The molecule has 2 nitrogen and oxygen atoms in total. The van der Waals surface area contributed by atoms with Crippen LogP contribution in [0.1, 0.15) is 37.3 Å². The minimum Gasteiger partial charge on any atom is -0.389 e. The molecule has 1 aromatic carbocycles. The summed E-state index contributed by atoms with van der Waals surface area (Å²) in [5.74, 6) is 0.588. The summed E-state index contributed by atoms with van der Waals surface area (Å²) in [6, 6.07) is 4.09. The van der Waals surface area contributed by atoms with Crippen LogP contribution in [-0.2, 0) is 6.18 Å². The van der Waals surface area contributed by atoms with E-state index in [9.17, 15) is 13.2 Å². The molecule has 0 saturated heterocycles. The van der Waals surface area contributed by atoms with Gasteiger partial charge in [-0.15, -0.1) is 0 Å².